The molecule has 0 radical (unpaired) electrons. The zero-order chi connectivity index (χ0) is 14.1. The summed E-state index contributed by atoms with van der Waals surface area (Å²) in [6.07, 6.45) is 5.00. The van der Waals surface area contributed by atoms with Crippen LogP contribution < -0.4 is 5.73 Å². The summed E-state index contributed by atoms with van der Waals surface area (Å²) in [6.45, 7) is 9.72. The lowest BCUT2D eigenvalue weighted by Gasteiger charge is -2.32. The molecule has 0 saturated carbocycles. The Morgan fingerprint density at radius 1 is 1.05 bits per heavy atom. The van der Waals surface area contributed by atoms with Crippen molar-refractivity contribution in [3.05, 3.63) is 35.4 Å². The molecule has 0 bridgehead atoms. The van der Waals surface area contributed by atoms with Gasteiger partial charge in [-0.25, -0.2) is 0 Å². The van der Waals surface area contributed by atoms with Crippen molar-refractivity contribution < 1.29 is 0 Å². The van der Waals surface area contributed by atoms with Gasteiger partial charge in [-0.05, 0) is 44.0 Å². The van der Waals surface area contributed by atoms with Crippen LogP contribution >= 0.6 is 0 Å². The zero-order valence-electron chi connectivity index (χ0n) is 12.9. The largest absolute Gasteiger partial charge is 0.329 e. The molecule has 2 N–H and O–H groups in total. The Labute approximate surface area is 119 Å². The van der Waals surface area contributed by atoms with Crippen LogP contribution in [0.4, 0.5) is 0 Å². The first kappa shape index (κ1) is 16.2. The van der Waals surface area contributed by atoms with Crippen LogP contribution in [0.2, 0.25) is 0 Å². The van der Waals surface area contributed by atoms with Gasteiger partial charge in [-0.3, -0.25) is 4.90 Å². The average molecular weight is 262 g/mol. The van der Waals surface area contributed by atoms with Gasteiger partial charge in [0.15, 0.2) is 0 Å². The number of unbranched alkanes of at least 4 members (excludes halogenated alkanes) is 2. The Kier molecular flexibility index (Phi) is 7.76. The highest BCUT2D eigenvalue weighted by molar-refractivity contribution is 5.29. The first-order chi connectivity index (χ1) is 9.24. The van der Waals surface area contributed by atoms with E-state index in [-0.39, 0.29) is 0 Å². The molecule has 2 heteroatoms. The maximum atomic E-state index is 6.08. The molecule has 1 aromatic rings. The van der Waals surface area contributed by atoms with Crippen LogP contribution in [0.5, 0.6) is 0 Å². The summed E-state index contributed by atoms with van der Waals surface area (Å²) in [5.74, 6) is 0. The van der Waals surface area contributed by atoms with Crippen LogP contribution in [0.3, 0.4) is 0 Å². The summed E-state index contributed by atoms with van der Waals surface area (Å²) in [6, 6.07) is 9.03. The smallest absolute Gasteiger partial charge is 0.0473 e. The van der Waals surface area contributed by atoms with E-state index in [1.165, 1.54) is 36.8 Å². The second-order valence-electron chi connectivity index (χ2n) is 5.35. The molecule has 108 valence electrons. The van der Waals surface area contributed by atoms with Gasteiger partial charge < -0.3 is 5.73 Å². The van der Waals surface area contributed by atoms with E-state index in [0.29, 0.717) is 12.6 Å². The number of hydrogen-bond acceptors (Lipinski definition) is 2. The van der Waals surface area contributed by atoms with Crippen molar-refractivity contribution in [2.24, 2.45) is 5.73 Å². The minimum absolute atomic E-state index is 0.374. The number of benzene rings is 1. The fourth-order valence-corrected chi connectivity index (χ4v) is 2.58. The molecule has 0 aliphatic heterocycles. The molecule has 0 heterocycles. The Morgan fingerprint density at radius 2 is 1.63 bits per heavy atom. The number of rotatable bonds is 9. The number of nitrogens with zero attached hydrogens (tertiary/aromatic N) is 1. The predicted molar refractivity (Wildman–Crippen MR) is 84.4 cm³/mol. The first-order valence-corrected chi connectivity index (χ1v) is 7.74. The Hall–Kier alpha value is -0.860. The average Bonchev–Trinajstić information content (AvgIpc) is 2.43. The minimum Gasteiger partial charge on any atom is -0.329 e. The summed E-state index contributed by atoms with van der Waals surface area (Å²) in [4.78, 5) is 2.58. The van der Waals surface area contributed by atoms with E-state index in [2.05, 4.69) is 49.9 Å². The molecule has 1 unspecified atom stereocenters. The van der Waals surface area contributed by atoms with Gasteiger partial charge in [-0.2, -0.15) is 0 Å². The first-order valence-electron chi connectivity index (χ1n) is 7.74. The number of hydrogen-bond donors (Lipinski definition) is 1. The molecule has 0 aliphatic carbocycles. The van der Waals surface area contributed by atoms with Gasteiger partial charge >= 0.3 is 0 Å². The standard InChI is InChI=1S/C17H30N2/c1-4-6-12-19(13-7-5-2)17(14-18)16-11-9-8-10-15(16)3/h8-11,17H,4-7,12-14,18H2,1-3H3. The molecule has 19 heavy (non-hydrogen) atoms. The highest BCUT2D eigenvalue weighted by atomic mass is 15.2. The maximum absolute atomic E-state index is 6.08. The van der Waals surface area contributed by atoms with Crippen molar-refractivity contribution in [1.29, 1.82) is 0 Å². The second kappa shape index (κ2) is 9.11. The molecular weight excluding hydrogens is 232 g/mol. The lowest BCUT2D eigenvalue weighted by molar-refractivity contribution is 0.195. The van der Waals surface area contributed by atoms with E-state index < -0.39 is 0 Å². The van der Waals surface area contributed by atoms with Crippen LogP contribution in [0.15, 0.2) is 24.3 Å². The quantitative estimate of drug-likeness (QED) is 0.731. The van der Waals surface area contributed by atoms with Crippen molar-refractivity contribution in [3.8, 4) is 0 Å². The third-order valence-electron chi connectivity index (χ3n) is 3.81. The monoisotopic (exact) mass is 262 g/mol. The molecule has 1 atom stereocenters. The van der Waals surface area contributed by atoms with E-state index in [1.54, 1.807) is 0 Å². The summed E-state index contributed by atoms with van der Waals surface area (Å²) in [7, 11) is 0. The predicted octanol–water partition coefficient (Wildman–Crippen LogP) is 3.90. The van der Waals surface area contributed by atoms with Gasteiger partial charge in [0.2, 0.25) is 0 Å². The third kappa shape index (κ3) is 4.96. The topological polar surface area (TPSA) is 29.3 Å². The van der Waals surface area contributed by atoms with Gasteiger partial charge in [0.1, 0.15) is 0 Å². The van der Waals surface area contributed by atoms with Gasteiger partial charge in [-0.1, -0.05) is 51.0 Å². The second-order valence-corrected chi connectivity index (χ2v) is 5.35. The molecule has 0 aliphatic rings. The molecule has 1 rings (SSSR count). The Bertz CT molecular complexity index is 341. The van der Waals surface area contributed by atoms with Crippen LogP contribution in [0.25, 0.3) is 0 Å². The van der Waals surface area contributed by atoms with E-state index in [1.807, 2.05) is 0 Å². The molecule has 1 aromatic carbocycles. The normalized spacial score (nSPS) is 12.9. The lowest BCUT2D eigenvalue weighted by atomic mass is 9.99. The lowest BCUT2D eigenvalue weighted by Crippen LogP contribution is -2.35. The van der Waals surface area contributed by atoms with Crippen molar-refractivity contribution in [3.63, 3.8) is 0 Å². The minimum atomic E-state index is 0.374. The highest BCUT2D eigenvalue weighted by Gasteiger charge is 2.19. The summed E-state index contributed by atoms with van der Waals surface area (Å²) >= 11 is 0. The van der Waals surface area contributed by atoms with Crippen molar-refractivity contribution in [1.82, 2.24) is 4.90 Å². The molecule has 0 saturated heterocycles. The molecule has 2 nitrogen and oxygen atoms in total. The third-order valence-corrected chi connectivity index (χ3v) is 3.81. The van der Waals surface area contributed by atoms with E-state index in [9.17, 15) is 0 Å². The summed E-state index contributed by atoms with van der Waals surface area (Å²) in [5.41, 5.74) is 8.83. The van der Waals surface area contributed by atoms with Gasteiger partial charge in [-0.15, -0.1) is 0 Å². The Morgan fingerprint density at radius 3 is 2.11 bits per heavy atom. The van der Waals surface area contributed by atoms with Crippen molar-refractivity contribution in [2.45, 2.75) is 52.5 Å². The highest BCUT2D eigenvalue weighted by Crippen LogP contribution is 2.23. The van der Waals surface area contributed by atoms with Crippen LogP contribution in [0, 0.1) is 6.92 Å². The summed E-state index contributed by atoms with van der Waals surface area (Å²) < 4.78 is 0. The van der Waals surface area contributed by atoms with E-state index in [4.69, 9.17) is 5.73 Å². The molecule has 0 amide bonds. The van der Waals surface area contributed by atoms with Crippen molar-refractivity contribution >= 4 is 0 Å². The number of aryl methyl sites for hydroxylation is 1. The maximum Gasteiger partial charge on any atom is 0.0473 e. The molecular formula is C17H30N2. The van der Waals surface area contributed by atoms with Crippen LogP contribution in [0.1, 0.15) is 56.7 Å². The van der Waals surface area contributed by atoms with E-state index in [0.717, 1.165) is 13.1 Å². The molecule has 0 fully saturated rings. The van der Waals surface area contributed by atoms with E-state index >= 15 is 0 Å². The summed E-state index contributed by atoms with van der Waals surface area (Å²) in [5, 5.41) is 0. The van der Waals surface area contributed by atoms with Gasteiger partial charge in [0.05, 0.1) is 0 Å². The van der Waals surface area contributed by atoms with Gasteiger partial charge in [0.25, 0.3) is 0 Å². The molecule has 0 aromatic heterocycles. The molecule has 0 spiro atoms. The fourth-order valence-electron chi connectivity index (χ4n) is 2.58. The van der Waals surface area contributed by atoms with Crippen molar-refractivity contribution in [2.75, 3.05) is 19.6 Å². The van der Waals surface area contributed by atoms with Crippen LogP contribution in [-0.2, 0) is 0 Å². The SMILES string of the molecule is CCCCN(CCCC)C(CN)c1ccccc1C. The Balaban J connectivity index is 2.85. The van der Waals surface area contributed by atoms with Gasteiger partial charge in [0, 0.05) is 12.6 Å². The fraction of sp³-hybridized carbons (Fsp3) is 0.647. The number of nitrogens with two attached hydrogens (primary N) is 1. The zero-order valence-corrected chi connectivity index (χ0v) is 12.9. The van der Waals surface area contributed by atoms with Crippen LogP contribution in [-0.4, -0.2) is 24.5 Å².